The second-order valence-corrected chi connectivity index (χ2v) is 7.81. The Hall–Kier alpha value is -3.48. The van der Waals surface area contributed by atoms with Crippen molar-refractivity contribution < 1.29 is 9.18 Å². The van der Waals surface area contributed by atoms with Gasteiger partial charge in [0.1, 0.15) is 11.5 Å². The van der Waals surface area contributed by atoms with Crippen molar-refractivity contribution in [2.45, 2.75) is 19.4 Å². The van der Waals surface area contributed by atoms with Crippen molar-refractivity contribution in [3.8, 4) is 11.1 Å². The molecule has 1 fully saturated rings. The Balaban J connectivity index is 1.25. The molecule has 0 unspecified atom stereocenters. The molecule has 1 N–H and O–H groups in total. The summed E-state index contributed by atoms with van der Waals surface area (Å²) in [6, 6.07) is 10.4. The van der Waals surface area contributed by atoms with E-state index in [-0.39, 0.29) is 11.5 Å². The number of H-pyrrole nitrogens is 1. The fraction of sp³-hybridized carbons (Fsp3) is 0.261. The summed E-state index contributed by atoms with van der Waals surface area (Å²) in [5, 5.41) is 7.92. The number of hydrogen-bond acceptors (Lipinski definition) is 3. The number of rotatable bonds is 4. The molecule has 0 saturated carbocycles. The third kappa shape index (κ3) is 3.47. The van der Waals surface area contributed by atoms with Crippen molar-refractivity contribution in [2.75, 3.05) is 13.1 Å². The van der Waals surface area contributed by atoms with Gasteiger partial charge in [0.2, 0.25) is 0 Å². The van der Waals surface area contributed by atoms with Gasteiger partial charge in [0.15, 0.2) is 0 Å². The van der Waals surface area contributed by atoms with E-state index in [1.165, 1.54) is 6.07 Å². The van der Waals surface area contributed by atoms with Crippen LogP contribution in [0.15, 0.2) is 61.2 Å². The van der Waals surface area contributed by atoms with Crippen LogP contribution in [0.4, 0.5) is 4.39 Å². The lowest BCUT2D eigenvalue weighted by atomic mass is 9.96. The third-order valence-electron chi connectivity index (χ3n) is 5.89. The predicted molar refractivity (Wildman–Crippen MR) is 112 cm³/mol. The first kappa shape index (κ1) is 18.5. The van der Waals surface area contributed by atoms with Gasteiger partial charge in [-0.3, -0.25) is 9.89 Å². The van der Waals surface area contributed by atoms with Crippen LogP contribution in [0.5, 0.6) is 0 Å². The first-order valence-electron chi connectivity index (χ1n) is 10.2. The highest BCUT2D eigenvalue weighted by Crippen LogP contribution is 2.26. The van der Waals surface area contributed by atoms with Gasteiger partial charge in [-0.25, -0.2) is 9.37 Å². The standard InChI is InChI=1S/C23H22FN5O/c24-21-4-2-1-3-20(21)23(30)28-8-5-16(6-9-28)15-29-10-7-17-11-18(12-25-22(17)29)19-13-26-27-14-19/h1-4,7,10-14,16H,5-6,8-9,15H2,(H,26,27). The van der Waals surface area contributed by atoms with Crippen molar-refractivity contribution in [1.29, 1.82) is 0 Å². The van der Waals surface area contributed by atoms with Crippen LogP contribution in [-0.2, 0) is 6.54 Å². The molecule has 1 aliphatic heterocycles. The lowest BCUT2D eigenvalue weighted by Gasteiger charge is -2.32. The molecule has 0 radical (unpaired) electrons. The Kier molecular flexibility index (Phi) is 4.78. The number of carbonyl (C=O) groups is 1. The second kappa shape index (κ2) is 7.74. The molecule has 7 heteroatoms. The molecule has 6 nitrogen and oxygen atoms in total. The van der Waals surface area contributed by atoms with E-state index in [4.69, 9.17) is 0 Å². The Bertz CT molecular complexity index is 1180. The molecule has 3 aromatic heterocycles. The van der Waals surface area contributed by atoms with Crippen molar-refractivity contribution in [3.05, 3.63) is 72.6 Å². The summed E-state index contributed by atoms with van der Waals surface area (Å²) in [4.78, 5) is 19.0. The first-order valence-corrected chi connectivity index (χ1v) is 10.2. The smallest absolute Gasteiger partial charge is 0.256 e. The van der Waals surface area contributed by atoms with Crippen LogP contribution in [0.1, 0.15) is 23.2 Å². The summed E-state index contributed by atoms with van der Waals surface area (Å²) in [7, 11) is 0. The quantitative estimate of drug-likeness (QED) is 0.557. The van der Waals surface area contributed by atoms with Gasteiger partial charge in [0.05, 0.1) is 11.8 Å². The van der Waals surface area contributed by atoms with E-state index < -0.39 is 5.82 Å². The molecule has 30 heavy (non-hydrogen) atoms. The number of likely N-dealkylation sites (tertiary alicyclic amines) is 1. The molecule has 0 atom stereocenters. The average molecular weight is 403 g/mol. The number of nitrogens with one attached hydrogen (secondary N) is 1. The number of fused-ring (bicyclic) bond motifs is 1. The van der Waals surface area contributed by atoms with Gasteiger partial charge < -0.3 is 9.47 Å². The highest BCUT2D eigenvalue weighted by atomic mass is 19.1. The number of carbonyl (C=O) groups excluding carboxylic acids is 1. The van der Waals surface area contributed by atoms with Crippen LogP contribution >= 0.6 is 0 Å². The Morgan fingerprint density at radius 2 is 1.97 bits per heavy atom. The molecular weight excluding hydrogens is 381 g/mol. The number of aromatic nitrogens is 4. The minimum Gasteiger partial charge on any atom is -0.339 e. The minimum atomic E-state index is -0.454. The number of amides is 1. The molecule has 0 aliphatic carbocycles. The molecule has 1 aliphatic rings. The summed E-state index contributed by atoms with van der Waals surface area (Å²) in [5.41, 5.74) is 3.18. The second-order valence-electron chi connectivity index (χ2n) is 7.81. The van der Waals surface area contributed by atoms with Crippen molar-refractivity contribution in [1.82, 2.24) is 24.6 Å². The molecule has 4 heterocycles. The van der Waals surface area contributed by atoms with Gasteiger partial charge >= 0.3 is 0 Å². The number of aromatic amines is 1. The fourth-order valence-electron chi connectivity index (χ4n) is 4.19. The van der Waals surface area contributed by atoms with Gasteiger partial charge in [0.25, 0.3) is 5.91 Å². The molecule has 0 spiro atoms. The van der Waals surface area contributed by atoms with Crippen LogP contribution in [0.2, 0.25) is 0 Å². The van der Waals surface area contributed by atoms with Gasteiger partial charge in [-0.2, -0.15) is 5.10 Å². The highest BCUT2D eigenvalue weighted by Gasteiger charge is 2.25. The van der Waals surface area contributed by atoms with Gasteiger partial charge in [-0.05, 0) is 43.0 Å². The fourth-order valence-corrected chi connectivity index (χ4v) is 4.19. The van der Waals surface area contributed by atoms with Crippen LogP contribution in [-0.4, -0.2) is 43.6 Å². The summed E-state index contributed by atoms with van der Waals surface area (Å²) in [6.07, 6.45) is 9.39. The van der Waals surface area contributed by atoms with Crippen molar-refractivity contribution in [3.63, 3.8) is 0 Å². The zero-order valence-electron chi connectivity index (χ0n) is 16.5. The van der Waals surface area contributed by atoms with Crippen molar-refractivity contribution in [2.24, 2.45) is 5.92 Å². The zero-order valence-corrected chi connectivity index (χ0v) is 16.5. The number of piperidine rings is 1. The van der Waals surface area contributed by atoms with Crippen LogP contribution in [0.25, 0.3) is 22.2 Å². The monoisotopic (exact) mass is 403 g/mol. The summed E-state index contributed by atoms with van der Waals surface area (Å²) in [6.45, 7) is 2.16. The lowest BCUT2D eigenvalue weighted by Crippen LogP contribution is -2.39. The number of nitrogens with zero attached hydrogens (tertiary/aromatic N) is 4. The van der Waals surface area contributed by atoms with Crippen molar-refractivity contribution >= 4 is 16.9 Å². The maximum Gasteiger partial charge on any atom is 0.256 e. The normalized spacial score (nSPS) is 15.0. The SMILES string of the molecule is O=C(c1ccccc1F)N1CCC(Cn2ccc3cc(-c4cn[nH]c4)cnc32)CC1. The molecule has 1 saturated heterocycles. The highest BCUT2D eigenvalue weighted by molar-refractivity contribution is 5.94. The molecular formula is C23H22FN5O. The predicted octanol–water partition coefficient (Wildman–Crippen LogP) is 4.12. The molecule has 5 rings (SSSR count). The summed E-state index contributed by atoms with van der Waals surface area (Å²) >= 11 is 0. The molecule has 152 valence electrons. The molecule has 1 amide bonds. The summed E-state index contributed by atoms with van der Waals surface area (Å²) < 4.78 is 16.1. The largest absolute Gasteiger partial charge is 0.339 e. The Morgan fingerprint density at radius 1 is 1.13 bits per heavy atom. The van der Waals surface area contributed by atoms with Gasteiger partial charge in [0, 0.05) is 54.7 Å². The molecule has 4 aromatic rings. The number of benzene rings is 1. The van der Waals surface area contributed by atoms with E-state index in [2.05, 4.69) is 38.1 Å². The van der Waals surface area contributed by atoms with Crippen LogP contribution in [0, 0.1) is 11.7 Å². The van der Waals surface area contributed by atoms with E-state index in [0.29, 0.717) is 19.0 Å². The summed E-state index contributed by atoms with van der Waals surface area (Å²) in [5.74, 6) is -0.212. The third-order valence-corrected chi connectivity index (χ3v) is 5.89. The topological polar surface area (TPSA) is 66.8 Å². The van der Waals surface area contributed by atoms with E-state index in [0.717, 1.165) is 41.5 Å². The number of hydrogen-bond donors (Lipinski definition) is 1. The van der Waals surface area contributed by atoms with Crippen LogP contribution in [0.3, 0.4) is 0 Å². The molecule has 1 aromatic carbocycles. The lowest BCUT2D eigenvalue weighted by molar-refractivity contribution is 0.0678. The van der Waals surface area contributed by atoms with Crippen LogP contribution < -0.4 is 0 Å². The van der Waals surface area contributed by atoms with E-state index in [1.807, 2.05) is 12.4 Å². The minimum absolute atomic E-state index is 0.157. The maximum absolute atomic E-state index is 13.9. The van der Waals surface area contributed by atoms with E-state index in [1.54, 1.807) is 29.3 Å². The molecule has 0 bridgehead atoms. The Morgan fingerprint density at radius 3 is 2.73 bits per heavy atom. The number of pyridine rings is 1. The first-order chi connectivity index (χ1) is 14.7. The van der Waals surface area contributed by atoms with E-state index in [9.17, 15) is 9.18 Å². The maximum atomic E-state index is 13.9. The zero-order chi connectivity index (χ0) is 20.5. The Labute approximate surface area is 173 Å². The van der Waals surface area contributed by atoms with Gasteiger partial charge in [-0.15, -0.1) is 0 Å². The number of halogens is 1. The van der Waals surface area contributed by atoms with E-state index >= 15 is 0 Å². The van der Waals surface area contributed by atoms with Gasteiger partial charge in [-0.1, -0.05) is 12.1 Å². The average Bonchev–Trinajstić information content (AvgIpc) is 3.44.